The third kappa shape index (κ3) is 1.21. The molecule has 2 unspecified atom stereocenters. The first-order chi connectivity index (χ1) is 5.68. The lowest BCUT2D eigenvalue weighted by molar-refractivity contribution is 0.290. The Morgan fingerprint density at radius 3 is 2.33 bits per heavy atom. The zero-order valence-electron chi connectivity index (χ0n) is 7.66. The van der Waals surface area contributed by atoms with Crippen molar-refractivity contribution in [2.45, 2.75) is 19.7 Å². The molecule has 2 bridgehead atoms. The SMILES string of the molecule is C=C1C2CCC1CN(B(C)O)C2. The molecule has 2 atom stereocenters. The van der Waals surface area contributed by atoms with E-state index < -0.39 is 0 Å². The van der Waals surface area contributed by atoms with Gasteiger partial charge in [-0.15, -0.1) is 0 Å². The van der Waals surface area contributed by atoms with Gasteiger partial charge in [-0.25, -0.2) is 0 Å². The number of hydrogen-bond donors (Lipinski definition) is 1. The molecule has 1 aliphatic heterocycles. The lowest BCUT2D eigenvalue weighted by atomic mass is 9.79. The first-order valence-corrected chi connectivity index (χ1v) is 4.79. The van der Waals surface area contributed by atoms with Crippen LogP contribution in [0.1, 0.15) is 12.8 Å². The van der Waals surface area contributed by atoms with E-state index in [4.69, 9.17) is 0 Å². The van der Waals surface area contributed by atoms with Gasteiger partial charge in [0.15, 0.2) is 0 Å². The second kappa shape index (κ2) is 2.89. The van der Waals surface area contributed by atoms with Crippen molar-refractivity contribution in [1.82, 2.24) is 4.81 Å². The molecule has 0 spiro atoms. The number of hydrogen-bond acceptors (Lipinski definition) is 2. The fourth-order valence-electron chi connectivity index (χ4n) is 2.47. The highest BCUT2D eigenvalue weighted by Crippen LogP contribution is 2.40. The predicted molar refractivity (Wildman–Crippen MR) is 50.8 cm³/mol. The molecule has 0 radical (unpaired) electrons. The molecule has 12 heavy (non-hydrogen) atoms. The van der Waals surface area contributed by atoms with Crippen LogP contribution in [-0.2, 0) is 0 Å². The highest BCUT2D eigenvalue weighted by atomic mass is 16.2. The van der Waals surface area contributed by atoms with Gasteiger partial charge in [0.25, 0.3) is 0 Å². The Morgan fingerprint density at radius 1 is 1.42 bits per heavy atom. The Hall–Kier alpha value is -0.275. The van der Waals surface area contributed by atoms with Crippen LogP contribution in [0, 0.1) is 11.8 Å². The highest BCUT2D eigenvalue weighted by Gasteiger charge is 2.37. The molecule has 2 nitrogen and oxygen atoms in total. The Bertz CT molecular complexity index is 189. The number of fused-ring (bicyclic) bond motifs is 2. The third-order valence-corrected chi connectivity index (χ3v) is 3.35. The van der Waals surface area contributed by atoms with Crippen molar-refractivity contribution >= 4 is 7.05 Å². The summed E-state index contributed by atoms with van der Waals surface area (Å²) in [7, 11) is -0.277. The third-order valence-electron chi connectivity index (χ3n) is 3.35. The van der Waals surface area contributed by atoms with Crippen molar-refractivity contribution in [2.24, 2.45) is 11.8 Å². The van der Waals surface area contributed by atoms with Crippen LogP contribution < -0.4 is 0 Å². The van der Waals surface area contributed by atoms with E-state index in [0.29, 0.717) is 11.8 Å². The van der Waals surface area contributed by atoms with Gasteiger partial charge in [0.05, 0.1) is 0 Å². The molecular formula is C9H16BNO. The molecule has 1 saturated carbocycles. The van der Waals surface area contributed by atoms with Gasteiger partial charge in [-0.3, -0.25) is 0 Å². The second-order valence-corrected chi connectivity index (χ2v) is 4.13. The lowest BCUT2D eigenvalue weighted by Crippen LogP contribution is -2.45. The summed E-state index contributed by atoms with van der Waals surface area (Å²) >= 11 is 0. The van der Waals surface area contributed by atoms with E-state index in [1.54, 1.807) is 0 Å². The molecule has 1 saturated heterocycles. The molecule has 0 aromatic heterocycles. The lowest BCUT2D eigenvalue weighted by Gasteiger charge is -2.34. The fraction of sp³-hybridized carbons (Fsp3) is 0.778. The first-order valence-electron chi connectivity index (χ1n) is 4.79. The van der Waals surface area contributed by atoms with Gasteiger partial charge in [0.1, 0.15) is 0 Å². The van der Waals surface area contributed by atoms with Crippen molar-refractivity contribution in [3.05, 3.63) is 12.2 Å². The molecule has 2 fully saturated rings. The van der Waals surface area contributed by atoms with Gasteiger partial charge in [-0.2, -0.15) is 0 Å². The van der Waals surface area contributed by atoms with Gasteiger partial charge >= 0.3 is 7.05 Å². The Balaban J connectivity index is 2.07. The molecule has 1 N–H and O–H groups in total. The summed E-state index contributed by atoms with van der Waals surface area (Å²) in [5, 5.41) is 9.42. The van der Waals surface area contributed by atoms with Crippen molar-refractivity contribution in [3.8, 4) is 0 Å². The predicted octanol–water partition coefficient (Wildman–Crippen LogP) is 0.995. The van der Waals surface area contributed by atoms with Crippen molar-refractivity contribution in [2.75, 3.05) is 13.1 Å². The van der Waals surface area contributed by atoms with E-state index in [1.165, 1.54) is 18.4 Å². The average Bonchev–Trinajstić information content (AvgIpc) is 2.30. The van der Waals surface area contributed by atoms with Crippen LogP contribution in [0.15, 0.2) is 12.2 Å². The molecule has 2 aliphatic rings. The van der Waals surface area contributed by atoms with Gasteiger partial charge in [-0.05, 0) is 44.6 Å². The molecule has 0 aromatic carbocycles. The summed E-state index contributed by atoms with van der Waals surface area (Å²) in [4.78, 5) is 2.16. The maximum absolute atomic E-state index is 9.42. The van der Waals surface area contributed by atoms with E-state index in [1.807, 2.05) is 6.82 Å². The highest BCUT2D eigenvalue weighted by molar-refractivity contribution is 6.45. The smallest absolute Gasteiger partial charge is 0.376 e. The Kier molecular flexibility index (Phi) is 2.01. The minimum atomic E-state index is -0.277. The quantitative estimate of drug-likeness (QED) is 0.462. The van der Waals surface area contributed by atoms with Crippen LogP contribution in [0.3, 0.4) is 0 Å². The minimum Gasteiger partial charge on any atom is -0.437 e. The Labute approximate surface area is 74.4 Å². The molecule has 3 heteroatoms. The molecule has 66 valence electrons. The van der Waals surface area contributed by atoms with Gasteiger partial charge < -0.3 is 9.83 Å². The molecule has 1 aliphatic carbocycles. The van der Waals surface area contributed by atoms with Crippen LogP contribution in [-0.4, -0.2) is 30.0 Å². The average molecular weight is 165 g/mol. The van der Waals surface area contributed by atoms with Crippen LogP contribution >= 0.6 is 0 Å². The number of piperidine rings is 1. The van der Waals surface area contributed by atoms with E-state index in [2.05, 4.69) is 11.4 Å². The largest absolute Gasteiger partial charge is 0.437 e. The van der Waals surface area contributed by atoms with E-state index in [0.717, 1.165) is 13.1 Å². The summed E-state index contributed by atoms with van der Waals surface area (Å²) in [6, 6.07) is 0. The van der Waals surface area contributed by atoms with Crippen LogP contribution in [0.5, 0.6) is 0 Å². The van der Waals surface area contributed by atoms with Gasteiger partial charge in [0.2, 0.25) is 0 Å². The summed E-state index contributed by atoms with van der Waals surface area (Å²) < 4.78 is 0. The van der Waals surface area contributed by atoms with Crippen LogP contribution in [0.25, 0.3) is 0 Å². The maximum atomic E-state index is 9.42. The van der Waals surface area contributed by atoms with Gasteiger partial charge in [0, 0.05) is 0 Å². The number of rotatable bonds is 1. The normalized spacial score (nSPS) is 35.7. The minimum absolute atomic E-state index is 0.277. The summed E-state index contributed by atoms with van der Waals surface area (Å²) in [5.41, 5.74) is 1.44. The fourth-order valence-corrected chi connectivity index (χ4v) is 2.47. The topological polar surface area (TPSA) is 23.5 Å². The molecule has 0 amide bonds. The zero-order valence-corrected chi connectivity index (χ0v) is 7.66. The Morgan fingerprint density at radius 2 is 1.92 bits per heavy atom. The van der Waals surface area contributed by atoms with Crippen LogP contribution in [0.2, 0.25) is 6.82 Å². The molecule has 1 heterocycles. The summed E-state index contributed by atoms with van der Waals surface area (Å²) in [6.07, 6.45) is 2.57. The standard InChI is InChI=1S/C9H16BNO/c1-7-8-3-4-9(7)6-11(5-8)10(2)12/h8-9,12H,1,3-6H2,2H3. The zero-order chi connectivity index (χ0) is 8.72. The van der Waals surface area contributed by atoms with E-state index in [9.17, 15) is 5.02 Å². The molecule has 0 aromatic rings. The summed E-state index contributed by atoms with van der Waals surface area (Å²) in [5.74, 6) is 1.33. The number of nitrogens with zero attached hydrogens (tertiary/aromatic N) is 1. The van der Waals surface area contributed by atoms with Crippen molar-refractivity contribution in [3.63, 3.8) is 0 Å². The monoisotopic (exact) mass is 165 g/mol. The maximum Gasteiger partial charge on any atom is 0.376 e. The van der Waals surface area contributed by atoms with E-state index in [-0.39, 0.29) is 7.05 Å². The van der Waals surface area contributed by atoms with Gasteiger partial charge in [-0.1, -0.05) is 12.2 Å². The summed E-state index contributed by atoms with van der Waals surface area (Å²) in [6.45, 7) is 8.02. The van der Waals surface area contributed by atoms with E-state index >= 15 is 0 Å². The van der Waals surface area contributed by atoms with Crippen LogP contribution in [0.4, 0.5) is 0 Å². The van der Waals surface area contributed by atoms with Crippen molar-refractivity contribution < 1.29 is 5.02 Å². The molecule has 2 rings (SSSR count). The van der Waals surface area contributed by atoms with Crippen molar-refractivity contribution in [1.29, 1.82) is 0 Å². The molecular weight excluding hydrogens is 149 g/mol. The second-order valence-electron chi connectivity index (χ2n) is 4.13. The first kappa shape index (κ1) is 8.33.